The second kappa shape index (κ2) is 44.5. The van der Waals surface area contributed by atoms with Gasteiger partial charge in [0.05, 0.1) is 13.2 Å². The summed E-state index contributed by atoms with van der Waals surface area (Å²) in [6, 6.07) is 0. The third-order valence-electron chi connectivity index (χ3n) is 13.0. The van der Waals surface area contributed by atoms with Crippen molar-refractivity contribution >= 4 is 11.9 Å². The second-order valence-corrected chi connectivity index (χ2v) is 19.1. The van der Waals surface area contributed by atoms with Gasteiger partial charge in [-0.25, -0.2) is 0 Å². The lowest BCUT2D eigenvalue weighted by atomic mass is 9.99. The van der Waals surface area contributed by atoms with E-state index in [1.54, 1.807) is 0 Å². The maximum absolute atomic E-state index is 12.8. The molecular formula is C53H102O10. The molecule has 0 bridgehead atoms. The average molecular weight is 899 g/mol. The Morgan fingerprint density at radius 2 is 0.746 bits per heavy atom. The standard InChI is InChI=1S/C53H102O10/c1-3-5-7-9-11-13-15-17-19-21-22-23-24-26-28-30-32-34-36-38-40-42-49(56)62-46(45-61-53-52(59)51(58)50(57)47(43-54)63-53)44-60-48(55)41-39-37-35-33-31-29-27-25-20-18-16-14-12-10-8-6-4-2/h46-47,50-54,57-59H,3-45H2,1-2H3/t46-,47-,50+,51?,52?,53-/m1/s1. The Kier molecular flexibility index (Phi) is 42.2. The van der Waals surface area contributed by atoms with Crippen molar-refractivity contribution in [1.82, 2.24) is 0 Å². The van der Waals surface area contributed by atoms with Crippen LogP contribution in [0.15, 0.2) is 0 Å². The summed E-state index contributed by atoms with van der Waals surface area (Å²) in [4.78, 5) is 25.5. The topological polar surface area (TPSA) is 152 Å². The minimum Gasteiger partial charge on any atom is -0.462 e. The summed E-state index contributed by atoms with van der Waals surface area (Å²) in [6.07, 6.45) is 41.1. The van der Waals surface area contributed by atoms with Gasteiger partial charge in [0.25, 0.3) is 0 Å². The van der Waals surface area contributed by atoms with Crippen LogP contribution in [0, 0.1) is 0 Å². The van der Waals surface area contributed by atoms with Crippen molar-refractivity contribution in [3.63, 3.8) is 0 Å². The third kappa shape index (κ3) is 35.6. The highest BCUT2D eigenvalue weighted by Gasteiger charge is 2.44. The predicted molar refractivity (Wildman–Crippen MR) is 257 cm³/mol. The molecule has 10 heteroatoms. The van der Waals surface area contributed by atoms with Gasteiger partial charge in [-0.05, 0) is 12.8 Å². The molecule has 6 atom stereocenters. The Morgan fingerprint density at radius 3 is 1.08 bits per heavy atom. The van der Waals surface area contributed by atoms with E-state index in [0.717, 1.165) is 32.1 Å². The summed E-state index contributed by atoms with van der Waals surface area (Å²) in [6.45, 7) is 3.49. The van der Waals surface area contributed by atoms with E-state index in [0.29, 0.717) is 6.42 Å². The van der Waals surface area contributed by atoms with Crippen LogP contribution in [0.2, 0.25) is 0 Å². The van der Waals surface area contributed by atoms with Crippen molar-refractivity contribution in [2.24, 2.45) is 0 Å². The van der Waals surface area contributed by atoms with Crippen LogP contribution in [-0.4, -0.2) is 89.0 Å². The molecule has 1 aliphatic rings. The first-order valence-electron chi connectivity index (χ1n) is 27.1. The van der Waals surface area contributed by atoms with Crippen LogP contribution in [0.4, 0.5) is 0 Å². The van der Waals surface area contributed by atoms with Gasteiger partial charge in [-0.3, -0.25) is 9.59 Å². The maximum Gasteiger partial charge on any atom is 0.306 e. The summed E-state index contributed by atoms with van der Waals surface area (Å²) in [7, 11) is 0. The van der Waals surface area contributed by atoms with E-state index in [2.05, 4.69) is 13.8 Å². The molecular weight excluding hydrogens is 797 g/mol. The van der Waals surface area contributed by atoms with Gasteiger partial charge in [0.1, 0.15) is 31.0 Å². The fourth-order valence-corrected chi connectivity index (χ4v) is 8.72. The molecule has 0 radical (unpaired) electrons. The number of carbonyl (C=O) groups excluding carboxylic acids is 2. The van der Waals surface area contributed by atoms with E-state index >= 15 is 0 Å². The van der Waals surface area contributed by atoms with Gasteiger partial charge in [0.2, 0.25) is 0 Å². The van der Waals surface area contributed by atoms with Crippen molar-refractivity contribution in [2.75, 3.05) is 19.8 Å². The van der Waals surface area contributed by atoms with Crippen LogP contribution in [0.3, 0.4) is 0 Å². The molecule has 0 aliphatic carbocycles. The molecule has 63 heavy (non-hydrogen) atoms. The first-order chi connectivity index (χ1) is 30.8. The fraction of sp³-hybridized carbons (Fsp3) is 0.962. The summed E-state index contributed by atoms with van der Waals surface area (Å²) >= 11 is 0. The molecule has 1 saturated heterocycles. The second-order valence-electron chi connectivity index (χ2n) is 19.1. The summed E-state index contributed by atoms with van der Waals surface area (Å²) in [5, 5.41) is 40.2. The van der Waals surface area contributed by atoms with Crippen LogP contribution in [0.5, 0.6) is 0 Å². The average Bonchev–Trinajstić information content (AvgIpc) is 3.28. The molecule has 0 spiro atoms. The number of hydrogen-bond donors (Lipinski definition) is 4. The number of aliphatic hydroxyl groups excluding tert-OH is 4. The number of esters is 2. The lowest BCUT2D eigenvalue weighted by molar-refractivity contribution is -0.305. The molecule has 0 aromatic heterocycles. The quantitative estimate of drug-likeness (QED) is 0.0343. The van der Waals surface area contributed by atoms with Crippen LogP contribution < -0.4 is 0 Å². The van der Waals surface area contributed by atoms with Crippen molar-refractivity contribution in [1.29, 1.82) is 0 Å². The summed E-state index contributed by atoms with van der Waals surface area (Å²) in [5.41, 5.74) is 0. The zero-order chi connectivity index (χ0) is 45.9. The number of ether oxygens (including phenoxy) is 4. The van der Waals surface area contributed by atoms with Crippen LogP contribution in [-0.2, 0) is 28.5 Å². The molecule has 0 aromatic rings. The highest BCUT2D eigenvalue weighted by atomic mass is 16.7. The molecule has 1 rings (SSSR count). The van der Waals surface area contributed by atoms with Gasteiger partial charge in [0.15, 0.2) is 12.4 Å². The normalized spacial score (nSPS) is 19.4. The lowest BCUT2D eigenvalue weighted by Gasteiger charge is -2.39. The van der Waals surface area contributed by atoms with Gasteiger partial charge in [-0.1, -0.05) is 245 Å². The summed E-state index contributed by atoms with van der Waals surface area (Å²) < 4.78 is 22.3. The zero-order valence-corrected chi connectivity index (χ0v) is 41.1. The SMILES string of the molecule is CCCCCCCCCCCCCCCCCCCCCCCC(=O)O[C@H](COC(=O)CCCCCCCCCCCCCCCCCCC)CO[C@@H]1O[C@H](CO)[C@H](O)C(O)C1O. The first-order valence-corrected chi connectivity index (χ1v) is 27.1. The molecule has 1 fully saturated rings. The maximum atomic E-state index is 12.8. The molecule has 10 nitrogen and oxygen atoms in total. The number of carbonyl (C=O) groups is 2. The van der Waals surface area contributed by atoms with Crippen molar-refractivity contribution in [2.45, 2.75) is 307 Å². The number of hydrogen-bond acceptors (Lipinski definition) is 10. The van der Waals surface area contributed by atoms with E-state index in [1.807, 2.05) is 0 Å². The Balaban J connectivity index is 2.21. The minimum atomic E-state index is -1.59. The lowest BCUT2D eigenvalue weighted by Crippen LogP contribution is -2.59. The largest absolute Gasteiger partial charge is 0.462 e. The van der Waals surface area contributed by atoms with Crippen molar-refractivity contribution in [3.05, 3.63) is 0 Å². The Labute approximate surface area is 387 Å². The highest BCUT2D eigenvalue weighted by Crippen LogP contribution is 2.23. The molecule has 0 saturated carbocycles. The smallest absolute Gasteiger partial charge is 0.306 e. The summed E-state index contributed by atoms with van der Waals surface area (Å²) in [5.74, 6) is -0.784. The Morgan fingerprint density at radius 1 is 0.429 bits per heavy atom. The monoisotopic (exact) mass is 899 g/mol. The number of aliphatic hydroxyl groups is 4. The van der Waals surface area contributed by atoms with E-state index < -0.39 is 49.4 Å². The van der Waals surface area contributed by atoms with Gasteiger partial charge in [0, 0.05) is 12.8 Å². The molecule has 4 N–H and O–H groups in total. The van der Waals surface area contributed by atoms with E-state index in [-0.39, 0.29) is 32.0 Å². The molecule has 2 unspecified atom stereocenters. The van der Waals surface area contributed by atoms with Gasteiger partial charge < -0.3 is 39.4 Å². The first kappa shape index (κ1) is 59.7. The minimum absolute atomic E-state index is 0.208. The molecule has 0 amide bonds. The van der Waals surface area contributed by atoms with Gasteiger partial charge in [-0.2, -0.15) is 0 Å². The molecule has 1 aliphatic heterocycles. The Hall–Kier alpha value is -1.30. The predicted octanol–water partition coefficient (Wildman–Crippen LogP) is 12.9. The number of rotatable bonds is 47. The van der Waals surface area contributed by atoms with Crippen molar-refractivity contribution in [3.8, 4) is 0 Å². The fourth-order valence-electron chi connectivity index (χ4n) is 8.72. The number of unbranched alkanes of at least 4 members (excludes halogenated alkanes) is 36. The third-order valence-corrected chi connectivity index (χ3v) is 13.0. The van der Waals surface area contributed by atoms with Gasteiger partial charge in [-0.15, -0.1) is 0 Å². The van der Waals surface area contributed by atoms with E-state index in [4.69, 9.17) is 18.9 Å². The van der Waals surface area contributed by atoms with Crippen LogP contribution in [0.1, 0.15) is 271 Å². The van der Waals surface area contributed by atoms with E-state index in [9.17, 15) is 30.0 Å². The van der Waals surface area contributed by atoms with Crippen LogP contribution in [0.25, 0.3) is 0 Å². The van der Waals surface area contributed by atoms with E-state index in [1.165, 1.54) is 205 Å². The van der Waals surface area contributed by atoms with Crippen molar-refractivity contribution < 1.29 is 49.0 Å². The van der Waals surface area contributed by atoms with Crippen LogP contribution >= 0.6 is 0 Å². The molecule has 0 aromatic carbocycles. The molecule has 374 valence electrons. The van der Waals surface area contributed by atoms with Gasteiger partial charge >= 0.3 is 11.9 Å². The highest BCUT2D eigenvalue weighted by molar-refractivity contribution is 5.70. The Bertz CT molecular complexity index is 995. The molecule has 1 heterocycles. The zero-order valence-electron chi connectivity index (χ0n) is 41.1.